The quantitative estimate of drug-likeness (QED) is 0.105. The molecule has 51 heavy (non-hydrogen) atoms. The number of unbranched alkanes of at least 4 members (excludes halogenated alkanes) is 2. The Morgan fingerprint density at radius 3 is 1.76 bits per heavy atom. The number of hydrogen-bond donors (Lipinski definition) is 1. The summed E-state index contributed by atoms with van der Waals surface area (Å²) in [5.41, 5.74) is 3.71. The van der Waals surface area contributed by atoms with E-state index in [1.807, 2.05) is 58.0 Å². The van der Waals surface area contributed by atoms with E-state index in [-0.39, 0.29) is 11.9 Å². The Balaban J connectivity index is 0. The minimum Gasteiger partial charge on any atom is -0.493 e. The fourth-order valence-electron chi connectivity index (χ4n) is 4.63. The van der Waals surface area contributed by atoms with Gasteiger partial charge in [0.05, 0.1) is 61.2 Å². The summed E-state index contributed by atoms with van der Waals surface area (Å²) >= 11 is 0. The predicted octanol–water partition coefficient (Wildman–Crippen LogP) is 8.29. The number of carbonyl (C=O) groups excluding carboxylic acids is 2. The van der Waals surface area contributed by atoms with Crippen LogP contribution >= 0.6 is 0 Å². The molecular weight excluding hydrogens is 646 g/mol. The molecule has 1 unspecified atom stereocenters. The molecule has 0 amide bonds. The van der Waals surface area contributed by atoms with Crippen molar-refractivity contribution >= 4 is 11.9 Å². The summed E-state index contributed by atoms with van der Waals surface area (Å²) in [6.07, 6.45) is 12.6. The minimum atomic E-state index is -0.170. The fraction of sp³-hybridized carbons (Fsp3) is 0.571. The Bertz CT molecular complexity index is 1230. The highest BCUT2D eigenvalue weighted by Crippen LogP contribution is 2.31. The van der Waals surface area contributed by atoms with Crippen LogP contribution in [0, 0.1) is 6.92 Å². The van der Waals surface area contributed by atoms with Crippen LogP contribution in [0.5, 0.6) is 23.0 Å². The molecule has 1 heterocycles. The second kappa shape index (κ2) is 33.2. The molecule has 0 saturated heterocycles. The predicted molar refractivity (Wildman–Crippen MR) is 210 cm³/mol. The lowest BCUT2D eigenvalue weighted by Gasteiger charge is -2.26. The zero-order valence-corrected chi connectivity index (χ0v) is 33.8. The molecule has 290 valence electrons. The molecule has 3 rings (SSSR count). The summed E-state index contributed by atoms with van der Waals surface area (Å²) in [6, 6.07) is 9.93. The van der Waals surface area contributed by atoms with Crippen LogP contribution in [0.25, 0.3) is 0 Å². The zero-order valence-electron chi connectivity index (χ0n) is 33.8. The van der Waals surface area contributed by atoms with Crippen molar-refractivity contribution in [3.05, 3.63) is 71.8 Å². The number of benzene rings is 2. The maximum Gasteiger partial charge on any atom is 0.311 e. The van der Waals surface area contributed by atoms with Crippen molar-refractivity contribution in [1.29, 1.82) is 0 Å². The average molecular weight is 717 g/mol. The molecule has 1 aliphatic rings. The molecule has 0 fully saturated rings. The second-order valence-corrected chi connectivity index (χ2v) is 11.3. The number of esters is 2. The van der Waals surface area contributed by atoms with Gasteiger partial charge in [0, 0.05) is 18.4 Å². The second-order valence-electron chi connectivity index (χ2n) is 11.3. The van der Waals surface area contributed by atoms with Crippen LogP contribution in [-0.4, -0.2) is 66.7 Å². The molecule has 0 radical (unpaired) electrons. The van der Waals surface area contributed by atoms with Gasteiger partial charge in [-0.25, -0.2) is 0 Å². The summed E-state index contributed by atoms with van der Waals surface area (Å²) in [7, 11) is 6.56. The maximum absolute atomic E-state index is 12.0. The summed E-state index contributed by atoms with van der Waals surface area (Å²) in [6.45, 7) is 21.0. The molecule has 0 bridgehead atoms. The molecular formula is C42H70NO8+. The van der Waals surface area contributed by atoms with Gasteiger partial charge < -0.3 is 33.3 Å². The van der Waals surface area contributed by atoms with E-state index in [2.05, 4.69) is 38.6 Å². The van der Waals surface area contributed by atoms with Gasteiger partial charge in [-0.1, -0.05) is 58.9 Å². The number of aryl methyl sites for hydroxylation is 1. The Labute approximate surface area is 310 Å². The van der Waals surface area contributed by atoms with E-state index in [0.717, 1.165) is 81.2 Å². The molecule has 0 aliphatic carbocycles. The van der Waals surface area contributed by atoms with E-state index < -0.39 is 0 Å². The van der Waals surface area contributed by atoms with Gasteiger partial charge in [-0.2, -0.15) is 0 Å². The summed E-state index contributed by atoms with van der Waals surface area (Å²) in [5.74, 6) is 2.76. The minimum absolute atomic E-state index is 0.145. The number of hydrogen-bond acceptors (Lipinski definition) is 8. The first kappa shape index (κ1) is 49.1. The third kappa shape index (κ3) is 23.2. The Kier molecular flexibility index (Phi) is 32.0. The number of rotatable bonds is 16. The van der Waals surface area contributed by atoms with Crippen LogP contribution in [0.4, 0.5) is 0 Å². The third-order valence-electron chi connectivity index (χ3n) is 7.48. The maximum atomic E-state index is 12.0. The Morgan fingerprint density at radius 2 is 1.29 bits per heavy atom. The average Bonchev–Trinajstić information content (AvgIpc) is 3.17. The molecule has 2 aromatic rings. The number of nitrogens with one attached hydrogen (secondary N) is 1. The van der Waals surface area contributed by atoms with Gasteiger partial charge in [-0.05, 0) is 81.3 Å². The monoisotopic (exact) mass is 717 g/mol. The van der Waals surface area contributed by atoms with Crippen molar-refractivity contribution in [3.63, 3.8) is 0 Å². The molecule has 0 spiro atoms. The van der Waals surface area contributed by atoms with E-state index in [4.69, 9.17) is 28.4 Å². The molecule has 1 atom stereocenters. The van der Waals surface area contributed by atoms with Gasteiger partial charge in [0.25, 0.3) is 0 Å². The summed E-state index contributed by atoms with van der Waals surface area (Å²) in [5, 5.41) is 0. The molecule has 9 heteroatoms. The van der Waals surface area contributed by atoms with Crippen LogP contribution in [0.2, 0.25) is 0 Å². The topological polar surface area (TPSA) is 94.0 Å². The van der Waals surface area contributed by atoms with E-state index in [0.29, 0.717) is 26.1 Å². The van der Waals surface area contributed by atoms with Crippen molar-refractivity contribution < 1.29 is 42.9 Å². The smallest absolute Gasteiger partial charge is 0.311 e. The highest BCUT2D eigenvalue weighted by atomic mass is 16.5. The van der Waals surface area contributed by atoms with Crippen molar-refractivity contribution in [3.8, 4) is 23.0 Å². The largest absolute Gasteiger partial charge is 0.493 e. The van der Waals surface area contributed by atoms with E-state index in [9.17, 15) is 9.59 Å². The number of fused-ring (bicyclic) bond motifs is 1. The van der Waals surface area contributed by atoms with E-state index in [1.165, 1.54) is 21.6 Å². The summed E-state index contributed by atoms with van der Waals surface area (Å²) < 4.78 is 31.3. The van der Waals surface area contributed by atoms with E-state index >= 15 is 0 Å². The number of allylic oxidation sites excluding steroid dienone is 3. The first-order chi connectivity index (χ1) is 24.7. The molecule has 0 saturated carbocycles. The lowest BCUT2D eigenvalue weighted by Crippen LogP contribution is -3.11. The van der Waals surface area contributed by atoms with Crippen molar-refractivity contribution in [2.24, 2.45) is 0 Å². The third-order valence-corrected chi connectivity index (χ3v) is 7.48. The van der Waals surface area contributed by atoms with Crippen molar-refractivity contribution in [2.75, 3.05) is 54.7 Å². The molecule has 2 aromatic carbocycles. The van der Waals surface area contributed by atoms with Crippen LogP contribution in [0.15, 0.2) is 55.1 Å². The van der Waals surface area contributed by atoms with Gasteiger partial charge in [0.15, 0.2) is 23.0 Å². The fourth-order valence-corrected chi connectivity index (χ4v) is 4.63. The molecule has 1 N–H and O–H groups in total. The van der Waals surface area contributed by atoms with Crippen molar-refractivity contribution in [2.45, 2.75) is 106 Å². The number of carbonyl (C=O) groups is 2. The summed E-state index contributed by atoms with van der Waals surface area (Å²) in [4.78, 5) is 24.4. The van der Waals surface area contributed by atoms with Crippen LogP contribution in [-0.2, 0) is 32.0 Å². The standard InChI is InChI=1S/C22H33NO6.C9H12O2.C5H10.C4H8.C2H6/c1-4-21(24)28-12-6-5-7-13-29-22(25)9-11-23-10-8-17-14-19(26-2)20(27-3)15-18(17)16-23;1-7-4-5-8(10-2)9(6-7)11-3;1-3-5-4-2;1-3-4-2;1-2/h14-15H,4-13,16H2,1-3H3;4-6H,1-3H3;3,5H,4H2,1-2H3;3H,1,4H2,2H3;1-2H3/p+1/b;;5-3-;;. The Hall–Kier alpha value is -3.98. The van der Waals surface area contributed by atoms with Crippen LogP contribution < -0.4 is 23.8 Å². The zero-order chi connectivity index (χ0) is 38.9. The molecule has 9 nitrogen and oxygen atoms in total. The normalized spacial score (nSPS) is 12.3. The van der Waals surface area contributed by atoms with E-state index in [1.54, 1.807) is 35.4 Å². The van der Waals surface area contributed by atoms with Gasteiger partial charge in [0.2, 0.25) is 0 Å². The number of ether oxygens (including phenoxy) is 6. The highest BCUT2D eigenvalue weighted by Gasteiger charge is 2.23. The number of methoxy groups -OCH3 is 4. The van der Waals surface area contributed by atoms with Gasteiger partial charge in [-0.3, -0.25) is 9.59 Å². The van der Waals surface area contributed by atoms with Gasteiger partial charge in [0.1, 0.15) is 6.54 Å². The lowest BCUT2D eigenvalue weighted by molar-refractivity contribution is -0.915. The number of quaternary nitrogens is 1. The molecule has 1 aliphatic heterocycles. The Morgan fingerprint density at radius 1 is 0.765 bits per heavy atom. The lowest BCUT2D eigenvalue weighted by atomic mass is 9.98. The van der Waals surface area contributed by atoms with Gasteiger partial charge >= 0.3 is 11.9 Å². The molecule has 0 aromatic heterocycles. The van der Waals surface area contributed by atoms with Crippen LogP contribution in [0.1, 0.15) is 103 Å². The van der Waals surface area contributed by atoms with Crippen LogP contribution in [0.3, 0.4) is 0 Å². The first-order valence-corrected chi connectivity index (χ1v) is 18.5. The van der Waals surface area contributed by atoms with Crippen molar-refractivity contribution in [1.82, 2.24) is 0 Å². The highest BCUT2D eigenvalue weighted by molar-refractivity contribution is 5.69. The van der Waals surface area contributed by atoms with Gasteiger partial charge in [-0.15, -0.1) is 6.58 Å². The SMILES string of the molecule is C/C=C\CC.C=CCC.CC.CCC(=O)OCCCCCOC(=O)CC[NH+]1CCc2cc(OC)c(OC)cc2C1.COc1ccc(C)cc1OC. The first-order valence-electron chi connectivity index (χ1n) is 18.5.